The van der Waals surface area contributed by atoms with Crippen molar-refractivity contribution in [2.45, 2.75) is 6.92 Å². The highest BCUT2D eigenvalue weighted by atomic mass is 35.5. The van der Waals surface area contributed by atoms with Crippen LogP contribution in [0, 0.1) is 17.0 Å². The zero-order chi connectivity index (χ0) is 22.8. The quantitative estimate of drug-likeness (QED) is 0.211. The fourth-order valence-electron chi connectivity index (χ4n) is 2.98. The number of aromatic nitrogens is 1. The summed E-state index contributed by atoms with van der Waals surface area (Å²) < 4.78 is 1.13. The molecule has 7 nitrogen and oxygen atoms in total. The van der Waals surface area contributed by atoms with E-state index in [4.69, 9.17) is 23.8 Å². The normalized spacial score (nSPS) is 10.7. The SMILES string of the molecule is Cc1ccc2nc(-c3ccc(NC(=S)NC(=O)c4ccc(Cl)c([N+](=O)[O-])c4)cc3)sc2c1. The van der Waals surface area contributed by atoms with Gasteiger partial charge in [0.15, 0.2) is 5.11 Å². The lowest BCUT2D eigenvalue weighted by molar-refractivity contribution is -0.384. The number of nitro benzene ring substituents is 1. The van der Waals surface area contributed by atoms with E-state index in [1.165, 1.54) is 17.7 Å². The van der Waals surface area contributed by atoms with Gasteiger partial charge in [0.1, 0.15) is 10.0 Å². The van der Waals surface area contributed by atoms with Gasteiger partial charge < -0.3 is 5.32 Å². The summed E-state index contributed by atoms with van der Waals surface area (Å²) in [5.41, 5.74) is 3.53. The third-order valence-electron chi connectivity index (χ3n) is 4.57. The largest absolute Gasteiger partial charge is 0.332 e. The Morgan fingerprint density at radius 1 is 1.12 bits per heavy atom. The predicted octanol–water partition coefficient (Wildman–Crippen LogP) is 5.96. The number of amides is 1. The number of aryl methyl sites for hydroxylation is 1. The minimum atomic E-state index is -0.649. The molecule has 3 aromatic carbocycles. The van der Waals surface area contributed by atoms with E-state index in [-0.39, 0.29) is 21.4 Å². The summed E-state index contributed by atoms with van der Waals surface area (Å²) in [6, 6.07) is 17.5. The molecule has 4 aromatic rings. The van der Waals surface area contributed by atoms with E-state index in [1.807, 2.05) is 36.4 Å². The van der Waals surface area contributed by atoms with Gasteiger partial charge in [-0.3, -0.25) is 20.2 Å². The predicted molar refractivity (Wildman–Crippen MR) is 132 cm³/mol. The molecule has 10 heteroatoms. The average Bonchev–Trinajstić information content (AvgIpc) is 3.17. The van der Waals surface area contributed by atoms with Gasteiger partial charge in [0.05, 0.1) is 15.1 Å². The van der Waals surface area contributed by atoms with Crippen molar-refractivity contribution in [2.75, 3.05) is 5.32 Å². The molecule has 0 aliphatic carbocycles. The fraction of sp³-hybridized carbons (Fsp3) is 0.0455. The topological polar surface area (TPSA) is 97.2 Å². The molecule has 0 spiro atoms. The second-order valence-electron chi connectivity index (χ2n) is 6.90. The van der Waals surface area contributed by atoms with Crippen LogP contribution in [0.15, 0.2) is 60.7 Å². The highest BCUT2D eigenvalue weighted by molar-refractivity contribution is 7.80. The Balaban J connectivity index is 1.43. The van der Waals surface area contributed by atoms with E-state index in [0.717, 1.165) is 26.9 Å². The van der Waals surface area contributed by atoms with E-state index in [2.05, 4.69) is 28.6 Å². The lowest BCUT2D eigenvalue weighted by Gasteiger charge is -2.10. The van der Waals surface area contributed by atoms with Crippen LogP contribution in [-0.4, -0.2) is 20.9 Å². The highest BCUT2D eigenvalue weighted by Gasteiger charge is 2.17. The Kier molecular flexibility index (Phi) is 6.13. The monoisotopic (exact) mass is 482 g/mol. The molecule has 32 heavy (non-hydrogen) atoms. The zero-order valence-corrected chi connectivity index (χ0v) is 19.0. The number of thiocarbonyl (C=S) groups is 1. The summed E-state index contributed by atoms with van der Waals surface area (Å²) in [6.07, 6.45) is 0. The van der Waals surface area contributed by atoms with Crippen molar-refractivity contribution in [3.05, 3.63) is 86.9 Å². The maximum atomic E-state index is 12.4. The van der Waals surface area contributed by atoms with Gasteiger partial charge in [-0.05, 0) is 73.2 Å². The molecular formula is C22H15ClN4O3S2. The number of rotatable bonds is 4. The molecule has 160 valence electrons. The highest BCUT2D eigenvalue weighted by Crippen LogP contribution is 2.31. The van der Waals surface area contributed by atoms with E-state index < -0.39 is 10.8 Å². The van der Waals surface area contributed by atoms with Crippen LogP contribution < -0.4 is 10.6 Å². The summed E-state index contributed by atoms with van der Waals surface area (Å²) >= 11 is 12.6. The fourth-order valence-corrected chi connectivity index (χ4v) is 4.45. The van der Waals surface area contributed by atoms with E-state index in [9.17, 15) is 14.9 Å². The average molecular weight is 483 g/mol. The van der Waals surface area contributed by atoms with E-state index in [1.54, 1.807) is 11.3 Å². The number of nitrogens with one attached hydrogen (secondary N) is 2. The molecule has 0 atom stereocenters. The standard InChI is InChI=1S/C22H15ClN4O3S2/c1-12-2-9-17-19(10-12)32-21(25-17)13-3-6-15(7-4-13)24-22(31)26-20(28)14-5-8-16(23)18(11-14)27(29)30/h2-11H,1H3,(H2,24,26,28,31). The van der Waals surface area contributed by atoms with Crippen LogP contribution in [0.2, 0.25) is 5.02 Å². The van der Waals surface area contributed by atoms with Gasteiger partial charge in [-0.25, -0.2) is 4.98 Å². The van der Waals surface area contributed by atoms with Crippen molar-refractivity contribution >= 4 is 67.8 Å². The molecule has 0 saturated carbocycles. The molecule has 1 amide bonds. The van der Waals surface area contributed by atoms with Crippen molar-refractivity contribution in [1.29, 1.82) is 0 Å². The number of hydrogen-bond donors (Lipinski definition) is 2. The third kappa shape index (κ3) is 4.75. The number of nitrogens with zero attached hydrogens (tertiary/aromatic N) is 2. The first-order valence-electron chi connectivity index (χ1n) is 9.34. The summed E-state index contributed by atoms with van der Waals surface area (Å²) in [5, 5.41) is 17.4. The summed E-state index contributed by atoms with van der Waals surface area (Å²) in [6.45, 7) is 2.05. The minimum absolute atomic E-state index is 0.0457. The molecule has 0 aliphatic heterocycles. The molecule has 4 rings (SSSR count). The molecule has 0 saturated heterocycles. The number of hydrogen-bond acceptors (Lipinski definition) is 6. The lowest BCUT2D eigenvalue weighted by Crippen LogP contribution is -2.34. The van der Waals surface area contributed by atoms with Gasteiger partial charge >= 0.3 is 0 Å². The molecule has 0 aliphatic rings. The Hall–Kier alpha value is -3.40. The summed E-state index contributed by atoms with van der Waals surface area (Å²) in [7, 11) is 0. The molecule has 1 heterocycles. The van der Waals surface area contributed by atoms with Crippen molar-refractivity contribution in [3.63, 3.8) is 0 Å². The Morgan fingerprint density at radius 2 is 1.88 bits per heavy atom. The summed E-state index contributed by atoms with van der Waals surface area (Å²) in [5.74, 6) is -0.580. The van der Waals surface area contributed by atoms with Crippen molar-refractivity contribution in [3.8, 4) is 10.6 Å². The van der Waals surface area contributed by atoms with Crippen LogP contribution in [0.4, 0.5) is 11.4 Å². The Bertz CT molecular complexity index is 1370. The molecule has 2 N–H and O–H groups in total. The van der Waals surface area contributed by atoms with Crippen LogP contribution in [0.1, 0.15) is 15.9 Å². The molecule has 0 radical (unpaired) electrons. The van der Waals surface area contributed by atoms with Gasteiger partial charge in [0, 0.05) is 22.9 Å². The second kappa shape index (κ2) is 8.99. The van der Waals surface area contributed by atoms with Crippen LogP contribution in [0.5, 0.6) is 0 Å². The van der Waals surface area contributed by atoms with E-state index >= 15 is 0 Å². The van der Waals surface area contributed by atoms with Crippen LogP contribution >= 0.6 is 35.2 Å². The maximum Gasteiger partial charge on any atom is 0.288 e. The van der Waals surface area contributed by atoms with Gasteiger partial charge in [-0.15, -0.1) is 11.3 Å². The number of benzene rings is 3. The number of carbonyl (C=O) groups is 1. The van der Waals surface area contributed by atoms with Crippen LogP contribution in [-0.2, 0) is 0 Å². The molecule has 0 fully saturated rings. The molecule has 0 unspecified atom stereocenters. The van der Waals surface area contributed by atoms with Crippen molar-refractivity contribution in [1.82, 2.24) is 10.3 Å². The Labute approximate surface area is 197 Å². The minimum Gasteiger partial charge on any atom is -0.332 e. The number of nitro groups is 1. The lowest BCUT2D eigenvalue weighted by atomic mass is 10.2. The Morgan fingerprint density at radius 3 is 2.59 bits per heavy atom. The third-order valence-corrected chi connectivity index (χ3v) is 6.16. The second-order valence-corrected chi connectivity index (χ2v) is 8.75. The first-order valence-corrected chi connectivity index (χ1v) is 10.9. The first-order chi connectivity index (χ1) is 15.3. The molecule has 1 aromatic heterocycles. The summed E-state index contributed by atoms with van der Waals surface area (Å²) in [4.78, 5) is 27.4. The smallest absolute Gasteiger partial charge is 0.288 e. The first kappa shape index (κ1) is 21.8. The van der Waals surface area contributed by atoms with Crippen LogP contribution in [0.3, 0.4) is 0 Å². The number of carbonyl (C=O) groups excluding carboxylic acids is 1. The van der Waals surface area contributed by atoms with Gasteiger partial charge in [-0.2, -0.15) is 0 Å². The molecular weight excluding hydrogens is 468 g/mol. The number of halogens is 1. The van der Waals surface area contributed by atoms with Crippen molar-refractivity contribution < 1.29 is 9.72 Å². The van der Waals surface area contributed by atoms with Gasteiger partial charge in [-0.1, -0.05) is 17.7 Å². The number of thiazole rings is 1. The molecule has 0 bridgehead atoms. The zero-order valence-electron chi connectivity index (χ0n) is 16.6. The van der Waals surface area contributed by atoms with Gasteiger partial charge in [0.2, 0.25) is 0 Å². The number of anilines is 1. The van der Waals surface area contributed by atoms with E-state index in [0.29, 0.717) is 5.69 Å². The van der Waals surface area contributed by atoms with Crippen LogP contribution in [0.25, 0.3) is 20.8 Å². The van der Waals surface area contributed by atoms with Gasteiger partial charge in [0.25, 0.3) is 11.6 Å². The maximum absolute atomic E-state index is 12.4. The number of fused-ring (bicyclic) bond motifs is 1. The van der Waals surface area contributed by atoms with Crippen molar-refractivity contribution in [2.24, 2.45) is 0 Å².